The Labute approximate surface area is 125 Å². The Bertz CT molecular complexity index is 622. The highest BCUT2D eigenvalue weighted by Crippen LogP contribution is 2.17. The number of pyridine rings is 1. The highest BCUT2D eigenvalue weighted by Gasteiger charge is 2.10. The summed E-state index contributed by atoms with van der Waals surface area (Å²) >= 11 is 0. The van der Waals surface area contributed by atoms with Crippen LogP contribution in [-0.2, 0) is 6.54 Å². The maximum absolute atomic E-state index is 6.17. The van der Waals surface area contributed by atoms with Crippen molar-refractivity contribution in [1.29, 1.82) is 0 Å². The number of likely N-dealkylation sites (tertiary alicyclic amines) is 1. The molecule has 0 amide bonds. The number of hydrogen-bond acceptors (Lipinski definition) is 2. The van der Waals surface area contributed by atoms with E-state index in [1.165, 1.54) is 31.2 Å². The van der Waals surface area contributed by atoms with E-state index in [1.807, 2.05) is 30.5 Å². The Kier molecular flexibility index (Phi) is 4.34. The van der Waals surface area contributed by atoms with E-state index < -0.39 is 0 Å². The molecule has 21 heavy (non-hydrogen) atoms. The molecule has 4 nitrogen and oxygen atoms in total. The number of nitrogens with zero attached hydrogens (tertiary/aromatic N) is 3. The minimum Gasteiger partial charge on any atom is -0.370 e. The smallest absolute Gasteiger partial charge is 0.191 e. The molecule has 4 heteroatoms. The number of rotatable bonds is 2. The van der Waals surface area contributed by atoms with Gasteiger partial charge < -0.3 is 10.6 Å². The Hall–Kier alpha value is -2.10. The summed E-state index contributed by atoms with van der Waals surface area (Å²) in [4.78, 5) is 11.2. The predicted octanol–water partition coefficient (Wildman–Crippen LogP) is 2.93. The third-order valence-corrected chi connectivity index (χ3v) is 4.08. The third kappa shape index (κ3) is 3.32. The number of hydrogen-bond donors (Lipinski definition) is 1. The zero-order valence-electron chi connectivity index (χ0n) is 12.3. The molecule has 1 aromatic carbocycles. The molecular weight excluding hydrogens is 260 g/mol. The number of guanidine groups is 1. The van der Waals surface area contributed by atoms with Gasteiger partial charge in [0.15, 0.2) is 5.96 Å². The van der Waals surface area contributed by atoms with Crippen molar-refractivity contribution < 1.29 is 0 Å². The van der Waals surface area contributed by atoms with Gasteiger partial charge in [-0.15, -0.1) is 0 Å². The van der Waals surface area contributed by atoms with Crippen LogP contribution in [0.1, 0.15) is 31.2 Å². The van der Waals surface area contributed by atoms with Crippen molar-refractivity contribution >= 4 is 16.9 Å². The van der Waals surface area contributed by atoms with Gasteiger partial charge in [-0.05, 0) is 30.5 Å². The molecule has 0 aliphatic carbocycles. The van der Waals surface area contributed by atoms with Crippen molar-refractivity contribution in [2.75, 3.05) is 13.1 Å². The van der Waals surface area contributed by atoms with Gasteiger partial charge in [-0.25, -0.2) is 4.99 Å². The summed E-state index contributed by atoms with van der Waals surface area (Å²) in [6.07, 6.45) is 6.88. The molecule has 2 heterocycles. The fourth-order valence-electron chi connectivity index (χ4n) is 2.86. The minimum absolute atomic E-state index is 0.616. The summed E-state index contributed by atoms with van der Waals surface area (Å²) in [7, 11) is 0. The maximum atomic E-state index is 6.17. The van der Waals surface area contributed by atoms with Crippen LogP contribution >= 0.6 is 0 Å². The summed E-state index contributed by atoms with van der Waals surface area (Å²) in [6, 6.07) is 10.2. The molecule has 0 bridgehead atoms. The average molecular weight is 282 g/mol. The SMILES string of the molecule is NC(=NCc1ccnc2ccccc12)N1CCCCCC1. The van der Waals surface area contributed by atoms with E-state index in [1.54, 1.807) is 0 Å². The van der Waals surface area contributed by atoms with Crippen LogP contribution in [0, 0.1) is 0 Å². The van der Waals surface area contributed by atoms with Crippen LogP contribution in [0.15, 0.2) is 41.5 Å². The van der Waals surface area contributed by atoms with Gasteiger partial charge in [-0.3, -0.25) is 4.98 Å². The normalized spacial score (nSPS) is 17.0. The number of aromatic nitrogens is 1. The van der Waals surface area contributed by atoms with E-state index in [4.69, 9.17) is 5.73 Å². The van der Waals surface area contributed by atoms with Crippen molar-refractivity contribution in [3.05, 3.63) is 42.1 Å². The average Bonchev–Trinajstić information content (AvgIpc) is 2.82. The monoisotopic (exact) mass is 282 g/mol. The minimum atomic E-state index is 0.616. The van der Waals surface area contributed by atoms with Gasteiger partial charge in [0.1, 0.15) is 0 Å². The second-order valence-electron chi connectivity index (χ2n) is 5.56. The molecule has 2 N–H and O–H groups in total. The molecule has 110 valence electrons. The van der Waals surface area contributed by atoms with Crippen LogP contribution < -0.4 is 5.73 Å². The van der Waals surface area contributed by atoms with Crippen molar-refractivity contribution in [2.45, 2.75) is 32.2 Å². The van der Waals surface area contributed by atoms with Crippen LogP contribution in [-0.4, -0.2) is 28.9 Å². The second kappa shape index (κ2) is 6.57. The van der Waals surface area contributed by atoms with E-state index in [0.717, 1.165) is 24.0 Å². The topological polar surface area (TPSA) is 54.5 Å². The van der Waals surface area contributed by atoms with Gasteiger partial charge in [-0.1, -0.05) is 31.0 Å². The maximum Gasteiger partial charge on any atom is 0.191 e. The lowest BCUT2D eigenvalue weighted by Gasteiger charge is -2.21. The Balaban J connectivity index is 1.77. The van der Waals surface area contributed by atoms with E-state index in [0.29, 0.717) is 12.5 Å². The molecule has 1 fully saturated rings. The van der Waals surface area contributed by atoms with E-state index in [9.17, 15) is 0 Å². The van der Waals surface area contributed by atoms with Gasteiger partial charge in [0.2, 0.25) is 0 Å². The van der Waals surface area contributed by atoms with E-state index in [-0.39, 0.29) is 0 Å². The first-order valence-corrected chi connectivity index (χ1v) is 7.72. The summed E-state index contributed by atoms with van der Waals surface area (Å²) in [5.74, 6) is 0.679. The molecule has 0 unspecified atom stereocenters. The van der Waals surface area contributed by atoms with Gasteiger partial charge >= 0.3 is 0 Å². The molecule has 1 saturated heterocycles. The summed E-state index contributed by atoms with van der Waals surface area (Å²) in [5.41, 5.74) is 8.36. The summed E-state index contributed by atoms with van der Waals surface area (Å²) in [5, 5.41) is 1.16. The van der Waals surface area contributed by atoms with Crippen LogP contribution in [0.3, 0.4) is 0 Å². The van der Waals surface area contributed by atoms with Crippen LogP contribution in [0.2, 0.25) is 0 Å². The van der Waals surface area contributed by atoms with Crippen molar-refractivity contribution in [2.24, 2.45) is 10.7 Å². The van der Waals surface area contributed by atoms with Crippen molar-refractivity contribution in [3.63, 3.8) is 0 Å². The molecule has 0 saturated carbocycles. The van der Waals surface area contributed by atoms with E-state index in [2.05, 4.69) is 20.9 Å². The largest absolute Gasteiger partial charge is 0.370 e. The molecule has 0 atom stereocenters. The molecule has 1 aliphatic heterocycles. The lowest BCUT2D eigenvalue weighted by atomic mass is 10.1. The number of nitrogens with two attached hydrogens (primary N) is 1. The molecule has 3 rings (SSSR count). The highest BCUT2D eigenvalue weighted by atomic mass is 15.2. The standard InChI is InChI=1S/C17H22N4/c18-17(21-11-5-1-2-6-12-21)20-13-14-9-10-19-16-8-4-3-7-15(14)16/h3-4,7-10H,1-2,5-6,11-13H2,(H2,18,20). The predicted molar refractivity (Wildman–Crippen MR) is 87.1 cm³/mol. The molecule has 0 radical (unpaired) electrons. The first-order valence-electron chi connectivity index (χ1n) is 7.72. The summed E-state index contributed by atoms with van der Waals surface area (Å²) < 4.78 is 0. The van der Waals surface area contributed by atoms with Gasteiger partial charge in [-0.2, -0.15) is 0 Å². The van der Waals surface area contributed by atoms with E-state index >= 15 is 0 Å². The number of aliphatic imine (C=N–C) groups is 1. The molecule has 0 spiro atoms. The summed E-state index contributed by atoms with van der Waals surface area (Å²) in [6.45, 7) is 2.68. The van der Waals surface area contributed by atoms with Gasteiger partial charge in [0.25, 0.3) is 0 Å². The molecule has 1 aliphatic rings. The number of para-hydroxylation sites is 1. The molecule has 2 aromatic rings. The first-order chi connectivity index (χ1) is 10.3. The zero-order chi connectivity index (χ0) is 14.5. The Morgan fingerprint density at radius 2 is 1.86 bits per heavy atom. The van der Waals surface area contributed by atoms with Crippen molar-refractivity contribution in [3.8, 4) is 0 Å². The fourth-order valence-corrected chi connectivity index (χ4v) is 2.86. The van der Waals surface area contributed by atoms with Crippen molar-refractivity contribution in [1.82, 2.24) is 9.88 Å². The van der Waals surface area contributed by atoms with Crippen LogP contribution in [0.25, 0.3) is 10.9 Å². The second-order valence-corrected chi connectivity index (χ2v) is 5.56. The van der Waals surface area contributed by atoms with Gasteiger partial charge in [0, 0.05) is 24.7 Å². The zero-order valence-corrected chi connectivity index (χ0v) is 12.3. The van der Waals surface area contributed by atoms with Gasteiger partial charge in [0.05, 0.1) is 12.1 Å². The Morgan fingerprint density at radius 1 is 1.10 bits per heavy atom. The molecule has 1 aromatic heterocycles. The van der Waals surface area contributed by atoms with Crippen LogP contribution in [0.4, 0.5) is 0 Å². The lowest BCUT2D eigenvalue weighted by Crippen LogP contribution is -2.38. The first kappa shape index (κ1) is 13.9. The number of fused-ring (bicyclic) bond motifs is 1. The quantitative estimate of drug-likeness (QED) is 0.680. The number of benzene rings is 1. The van der Waals surface area contributed by atoms with Crippen LogP contribution in [0.5, 0.6) is 0 Å². The lowest BCUT2D eigenvalue weighted by molar-refractivity contribution is 0.428. The Morgan fingerprint density at radius 3 is 2.67 bits per heavy atom. The molecular formula is C17H22N4. The highest BCUT2D eigenvalue weighted by molar-refractivity contribution is 5.82. The fraction of sp³-hybridized carbons (Fsp3) is 0.412. The third-order valence-electron chi connectivity index (χ3n) is 4.08.